The summed E-state index contributed by atoms with van der Waals surface area (Å²) in [6.45, 7) is -0.271. The first-order valence-electron chi connectivity index (χ1n) is 8.73. The fourth-order valence-corrected chi connectivity index (χ4v) is 2.62. The summed E-state index contributed by atoms with van der Waals surface area (Å²) in [6, 6.07) is 15.8. The van der Waals surface area contributed by atoms with Gasteiger partial charge < -0.3 is 15.4 Å². The standard InChI is InChI=1S/C20H20N4O4/c1-28-16-9-7-15(8-10-16)21-18(25)13-24-19(26)12-11-17(23-24)20(27)22-14-5-3-2-4-6-14/h2-10H,11-13H2,1H3,(H,21,25)(H,22,27). The first kappa shape index (κ1) is 19.1. The zero-order valence-electron chi connectivity index (χ0n) is 15.3. The molecule has 28 heavy (non-hydrogen) atoms. The molecule has 1 heterocycles. The van der Waals surface area contributed by atoms with Gasteiger partial charge in [-0.25, -0.2) is 5.01 Å². The van der Waals surface area contributed by atoms with Crippen molar-refractivity contribution in [1.82, 2.24) is 5.01 Å². The second-order valence-electron chi connectivity index (χ2n) is 6.09. The van der Waals surface area contributed by atoms with Crippen molar-refractivity contribution in [2.75, 3.05) is 24.3 Å². The molecule has 3 amide bonds. The van der Waals surface area contributed by atoms with Crippen molar-refractivity contribution in [3.8, 4) is 5.75 Å². The summed E-state index contributed by atoms with van der Waals surface area (Å²) in [5.41, 5.74) is 1.41. The summed E-state index contributed by atoms with van der Waals surface area (Å²) in [7, 11) is 1.55. The maximum atomic E-state index is 12.4. The average molecular weight is 380 g/mol. The van der Waals surface area contributed by atoms with Crippen LogP contribution in [0.25, 0.3) is 0 Å². The van der Waals surface area contributed by atoms with Gasteiger partial charge in [0.1, 0.15) is 18.0 Å². The molecule has 8 heteroatoms. The third-order valence-corrected chi connectivity index (χ3v) is 4.07. The Morgan fingerprint density at radius 1 is 1.00 bits per heavy atom. The van der Waals surface area contributed by atoms with Gasteiger partial charge in [-0.15, -0.1) is 0 Å². The molecule has 0 bridgehead atoms. The number of nitrogens with zero attached hydrogens (tertiary/aromatic N) is 2. The smallest absolute Gasteiger partial charge is 0.271 e. The van der Waals surface area contributed by atoms with Crippen LogP contribution < -0.4 is 15.4 Å². The second-order valence-corrected chi connectivity index (χ2v) is 6.09. The number of benzene rings is 2. The van der Waals surface area contributed by atoms with Gasteiger partial charge in [-0.3, -0.25) is 14.4 Å². The van der Waals surface area contributed by atoms with Crippen LogP contribution in [0, 0.1) is 0 Å². The van der Waals surface area contributed by atoms with Crippen LogP contribution in [-0.4, -0.2) is 42.1 Å². The van der Waals surface area contributed by atoms with E-state index in [-0.39, 0.29) is 36.9 Å². The molecular weight excluding hydrogens is 360 g/mol. The normalized spacial score (nSPS) is 13.5. The number of carbonyl (C=O) groups excluding carboxylic acids is 3. The van der Waals surface area contributed by atoms with Crippen molar-refractivity contribution in [2.45, 2.75) is 12.8 Å². The Morgan fingerprint density at radius 2 is 1.68 bits per heavy atom. The van der Waals surface area contributed by atoms with E-state index in [0.29, 0.717) is 17.1 Å². The first-order valence-corrected chi connectivity index (χ1v) is 8.73. The van der Waals surface area contributed by atoms with E-state index in [4.69, 9.17) is 4.74 Å². The van der Waals surface area contributed by atoms with Gasteiger partial charge in [0.2, 0.25) is 11.8 Å². The third kappa shape index (κ3) is 4.94. The van der Waals surface area contributed by atoms with Gasteiger partial charge >= 0.3 is 0 Å². The summed E-state index contributed by atoms with van der Waals surface area (Å²) >= 11 is 0. The Balaban J connectivity index is 1.62. The average Bonchev–Trinajstić information content (AvgIpc) is 2.71. The molecule has 2 N–H and O–H groups in total. The lowest BCUT2D eigenvalue weighted by atomic mass is 10.1. The minimum Gasteiger partial charge on any atom is -0.497 e. The number of anilines is 2. The van der Waals surface area contributed by atoms with Gasteiger partial charge in [0.15, 0.2) is 0 Å². The molecule has 0 radical (unpaired) electrons. The van der Waals surface area contributed by atoms with Crippen LogP contribution in [0.3, 0.4) is 0 Å². The highest BCUT2D eigenvalue weighted by atomic mass is 16.5. The molecule has 2 aromatic carbocycles. The summed E-state index contributed by atoms with van der Waals surface area (Å²) < 4.78 is 5.07. The fraction of sp³-hybridized carbons (Fsp3) is 0.200. The van der Waals surface area contributed by atoms with E-state index in [9.17, 15) is 14.4 Å². The lowest BCUT2D eigenvalue weighted by Gasteiger charge is -2.22. The quantitative estimate of drug-likeness (QED) is 0.803. The minimum atomic E-state index is -0.410. The van der Waals surface area contributed by atoms with E-state index in [1.54, 1.807) is 55.6 Å². The van der Waals surface area contributed by atoms with E-state index in [2.05, 4.69) is 15.7 Å². The van der Waals surface area contributed by atoms with Gasteiger partial charge in [-0.05, 0) is 36.4 Å². The van der Waals surface area contributed by atoms with Crippen LogP contribution in [0.1, 0.15) is 12.8 Å². The number of para-hydroxylation sites is 1. The molecule has 1 aliphatic heterocycles. The number of hydrogen-bond acceptors (Lipinski definition) is 5. The van der Waals surface area contributed by atoms with Crippen molar-refractivity contribution in [2.24, 2.45) is 5.10 Å². The van der Waals surface area contributed by atoms with Crippen LogP contribution in [-0.2, 0) is 14.4 Å². The van der Waals surface area contributed by atoms with E-state index in [0.717, 1.165) is 5.01 Å². The molecule has 0 fully saturated rings. The molecule has 0 atom stereocenters. The third-order valence-electron chi connectivity index (χ3n) is 4.07. The zero-order chi connectivity index (χ0) is 19.9. The Morgan fingerprint density at radius 3 is 2.36 bits per heavy atom. The predicted molar refractivity (Wildman–Crippen MR) is 105 cm³/mol. The Bertz CT molecular complexity index is 894. The minimum absolute atomic E-state index is 0.122. The second kappa shape index (κ2) is 8.81. The van der Waals surface area contributed by atoms with Crippen LogP contribution in [0.4, 0.5) is 11.4 Å². The number of amides is 3. The van der Waals surface area contributed by atoms with E-state index in [1.807, 2.05) is 6.07 Å². The molecule has 0 saturated carbocycles. The van der Waals surface area contributed by atoms with E-state index >= 15 is 0 Å². The highest BCUT2D eigenvalue weighted by Gasteiger charge is 2.26. The lowest BCUT2D eigenvalue weighted by Crippen LogP contribution is -2.40. The monoisotopic (exact) mass is 380 g/mol. The van der Waals surface area contributed by atoms with Crippen LogP contribution in [0.2, 0.25) is 0 Å². The van der Waals surface area contributed by atoms with Crippen LogP contribution in [0.5, 0.6) is 5.75 Å². The number of carbonyl (C=O) groups is 3. The number of rotatable bonds is 6. The van der Waals surface area contributed by atoms with E-state index < -0.39 is 5.91 Å². The van der Waals surface area contributed by atoms with Gasteiger partial charge in [-0.1, -0.05) is 18.2 Å². The van der Waals surface area contributed by atoms with Crippen LogP contribution >= 0.6 is 0 Å². The first-order chi connectivity index (χ1) is 13.5. The van der Waals surface area contributed by atoms with Gasteiger partial charge in [0.25, 0.3) is 5.91 Å². The van der Waals surface area contributed by atoms with Crippen molar-refractivity contribution in [1.29, 1.82) is 0 Å². The zero-order valence-corrected chi connectivity index (χ0v) is 15.3. The molecule has 0 spiro atoms. The van der Waals surface area contributed by atoms with Crippen LogP contribution in [0.15, 0.2) is 59.7 Å². The number of hydrazone groups is 1. The molecule has 1 aliphatic rings. The van der Waals surface area contributed by atoms with Crippen molar-refractivity contribution in [3.05, 3.63) is 54.6 Å². The van der Waals surface area contributed by atoms with Gasteiger partial charge in [0.05, 0.1) is 7.11 Å². The highest BCUT2D eigenvalue weighted by Crippen LogP contribution is 2.16. The van der Waals surface area contributed by atoms with E-state index in [1.165, 1.54) is 0 Å². The summed E-state index contributed by atoms with van der Waals surface area (Å²) in [5.74, 6) is -0.435. The maximum Gasteiger partial charge on any atom is 0.271 e. The topological polar surface area (TPSA) is 100 Å². The molecule has 0 unspecified atom stereocenters. The molecule has 144 valence electrons. The summed E-state index contributed by atoms with van der Waals surface area (Å²) in [4.78, 5) is 36.7. The Labute approximate surface area is 162 Å². The Kier molecular flexibility index (Phi) is 6.01. The fourth-order valence-electron chi connectivity index (χ4n) is 2.62. The number of nitrogens with one attached hydrogen (secondary N) is 2. The Hall–Kier alpha value is -3.68. The van der Waals surface area contributed by atoms with Crippen molar-refractivity contribution >= 4 is 34.8 Å². The largest absolute Gasteiger partial charge is 0.497 e. The molecule has 0 aliphatic carbocycles. The summed E-state index contributed by atoms with van der Waals surface area (Å²) in [6.07, 6.45) is 0.352. The number of methoxy groups -OCH3 is 1. The van der Waals surface area contributed by atoms with Gasteiger partial charge in [-0.2, -0.15) is 5.10 Å². The molecule has 0 aromatic heterocycles. The number of ether oxygens (including phenoxy) is 1. The SMILES string of the molecule is COc1ccc(NC(=O)CN2N=C(C(=O)Nc3ccccc3)CCC2=O)cc1. The highest BCUT2D eigenvalue weighted by molar-refractivity contribution is 6.43. The molecule has 2 aromatic rings. The molecular formula is C20H20N4O4. The molecule has 0 saturated heterocycles. The molecule has 8 nitrogen and oxygen atoms in total. The van der Waals surface area contributed by atoms with Crippen molar-refractivity contribution < 1.29 is 19.1 Å². The predicted octanol–water partition coefficient (Wildman–Crippen LogP) is 2.25. The number of hydrogen-bond donors (Lipinski definition) is 2. The maximum absolute atomic E-state index is 12.4. The molecule has 3 rings (SSSR count). The lowest BCUT2D eigenvalue weighted by molar-refractivity contribution is -0.135. The summed E-state index contributed by atoms with van der Waals surface area (Å²) in [5, 5.41) is 10.5. The van der Waals surface area contributed by atoms with Gasteiger partial charge in [0, 0.05) is 24.2 Å². The van der Waals surface area contributed by atoms with Crippen molar-refractivity contribution in [3.63, 3.8) is 0 Å².